The molecule has 2 heterocycles. The van der Waals surface area contributed by atoms with Crippen LogP contribution in [0.4, 0.5) is 5.69 Å². The van der Waals surface area contributed by atoms with Gasteiger partial charge in [-0.05, 0) is 68.3 Å². The zero-order chi connectivity index (χ0) is 18.9. The van der Waals surface area contributed by atoms with Crippen molar-refractivity contribution in [1.29, 1.82) is 0 Å². The summed E-state index contributed by atoms with van der Waals surface area (Å²) < 4.78 is 0. The van der Waals surface area contributed by atoms with E-state index in [4.69, 9.17) is 0 Å². The summed E-state index contributed by atoms with van der Waals surface area (Å²) in [6.07, 6.45) is 6.64. The number of hydrogen-bond acceptors (Lipinski definition) is 3. The molecule has 0 unspecified atom stereocenters. The SMILES string of the molecule is CC1CCN(C(=O)c2ccc(NC(=O)[C@@]34CCCC[C@H]3CNC4)cc2)CC1. The van der Waals surface area contributed by atoms with Crippen molar-refractivity contribution in [3.8, 4) is 0 Å². The van der Waals surface area contributed by atoms with E-state index in [1.54, 1.807) is 0 Å². The Bertz CT molecular complexity index is 694. The van der Waals surface area contributed by atoms with Gasteiger partial charge in [-0.25, -0.2) is 0 Å². The number of fused-ring (bicyclic) bond motifs is 1. The van der Waals surface area contributed by atoms with Gasteiger partial charge in [0.2, 0.25) is 5.91 Å². The van der Waals surface area contributed by atoms with E-state index in [9.17, 15) is 9.59 Å². The lowest BCUT2D eigenvalue weighted by Gasteiger charge is -2.37. The molecule has 2 aliphatic heterocycles. The quantitative estimate of drug-likeness (QED) is 0.860. The van der Waals surface area contributed by atoms with Crippen molar-refractivity contribution in [2.45, 2.75) is 45.4 Å². The van der Waals surface area contributed by atoms with Gasteiger partial charge in [0.1, 0.15) is 0 Å². The Kier molecular flexibility index (Phi) is 5.22. The number of anilines is 1. The van der Waals surface area contributed by atoms with Gasteiger partial charge < -0.3 is 15.5 Å². The molecular formula is C22H31N3O2. The van der Waals surface area contributed by atoms with Crippen LogP contribution in [0.2, 0.25) is 0 Å². The van der Waals surface area contributed by atoms with Crippen LogP contribution in [0.15, 0.2) is 24.3 Å². The fraction of sp³-hybridized carbons (Fsp3) is 0.636. The molecule has 3 fully saturated rings. The number of carbonyl (C=O) groups is 2. The first-order chi connectivity index (χ1) is 13.1. The molecule has 1 aromatic rings. The first-order valence-corrected chi connectivity index (χ1v) is 10.5. The third kappa shape index (κ3) is 3.62. The molecule has 2 atom stereocenters. The summed E-state index contributed by atoms with van der Waals surface area (Å²) in [6, 6.07) is 7.43. The Morgan fingerprint density at radius 1 is 1.11 bits per heavy atom. The van der Waals surface area contributed by atoms with Gasteiger partial charge in [-0.3, -0.25) is 9.59 Å². The number of amides is 2. The molecule has 27 heavy (non-hydrogen) atoms. The van der Waals surface area contributed by atoms with Crippen molar-refractivity contribution >= 4 is 17.5 Å². The minimum atomic E-state index is -0.253. The van der Waals surface area contributed by atoms with Gasteiger partial charge in [0, 0.05) is 30.9 Å². The lowest BCUT2D eigenvalue weighted by Crippen LogP contribution is -2.44. The predicted molar refractivity (Wildman–Crippen MR) is 107 cm³/mol. The van der Waals surface area contributed by atoms with Crippen LogP contribution in [0.3, 0.4) is 0 Å². The lowest BCUT2D eigenvalue weighted by molar-refractivity contribution is -0.128. The van der Waals surface area contributed by atoms with Crippen LogP contribution in [0.5, 0.6) is 0 Å². The molecule has 2 amide bonds. The summed E-state index contributed by atoms with van der Waals surface area (Å²) in [6.45, 7) is 5.67. The smallest absolute Gasteiger partial charge is 0.253 e. The van der Waals surface area contributed by atoms with Crippen molar-refractivity contribution < 1.29 is 9.59 Å². The summed E-state index contributed by atoms with van der Waals surface area (Å²) in [5.41, 5.74) is 1.24. The Balaban J connectivity index is 1.40. The molecule has 5 heteroatoms. The number of carbonyl (C=O) groups excluding carboxylic acids is 2. The lowest BCUT2D eigenvalue weighted by atomic mass is 9.67. The Hall–Kier alpha value is -1.88. The largest absolute Gasteiger partial charge is 0.339 e. The topological polar surface area (TPSA) is 61.4 Å². The van der Waals surface area contributed by atoms with Crippen molar-refractivity contribution in [3.63, 3.8) is 0 Å². The van der Waals surface area contributed by atoms with Crippen LogP contribution in [-0.4, -0.2) is 42.9 Å². The minimum absolute atomic E-state index is 0.103. The zero-order valence-electron chi connectivity index (χ0n) is 16.3. The van der Waals surface area contributed by atoms with Gasteiger partial charge in [0.25, 0.3) is 5.91 Å². The molecule has 1 saturated carbocycles. The third-order valence-corrected chi connectivity index (χ3v) is 6.95. The van der Waals surface area contributed by atoms with Gasteiger partial charge in [-0.1, -0.05) is 19.8 Å². The predicted octanol–water partition coefficient (Wildman–Crippen LogP) is 3.28. The highest BCUT2D eigenvalue weighted by Crippen LogP contribution is 2.44. The Morgan fingerprint density at radius 3 is 2.59 bits per heavy atom. The highest BCUT2D eigenvalue weighted by molar-refractivity contribution is 5.98. The number of nitrogens with zero attached hydrogens (tertiary/aromatic N) is 1. The number of nitrogens with one attached hydrogen (secondary N) is 2. The van der Waals surface area contributed by atoms with E-state index in [1.807, 2.05) is 29.2 Å². The maximum absolute atomic E-state index is 13.0. The molecule has 0 radical (unpaired) electrons. The fourth-order valence-electron chi connectivity index (χ4n) is 5.04. The highest BCUT2D eigenvalue weighted by Gasteiger charge is 2.49. The summed E-state index contributed by atoms with van der Waals surface area (Å²) >= 11 is 0. The van der Waals surface area contributed by atoms with Crippen LogP contribution >= 0.6 is 0 Å². The molecule has 1 aromatic carbocycles. The number of piperidine rings is 1. The molecule has 0 bridgehead atoms. The second-order valence-electron chi connectivity index (χ2n) is 8.74. The van der Waals surface area contributed by atoms with Gasteiger partial charge in [-0.2, -0.15) is 0 Å². The summed E-state index contributed by atoms with van der Waals surface area (Å²) in [5, 5.41) is 6.55. The van der Waals surface area contributed by atoms with Crippen LogP contribution in [0, 0.1) is 17.3 Å². The zero-order valence-corrected chi connectivity index (χ0v) is 16.3. The van der Waals surface area contributed by atoms with Gasteiger partial charge in [-0.15, -0.1) is 0 Å². The van der Waals surface area contributed by atoms with Crippen molar-refractivity contribution in [2.75, 3.05) is 31.5 Å². The first-order valence-electron chi connectivity index (χ1n) is 10.5. The van der Waals surface area contributed by atoms with Gasteiger partial charge in [0.15, 0.2) is 0 Å². The Labute approximate surface area is 161 Å². The van der Waals surface area contributed by atoms with Crippen LogP contribution in [0.1, 0.15) is 55.8 Å². The second kappa shape index (κ2) is 7.63. The molecule has 2 saturated heterocycles. The van der Waals surface area contributed by atoms with E-state index in [0.29, 0.717) is 17.4 Å². The molecule has 146 valence electrons. The Morgan fingerprint density at radius 2 is 1.85 bits per heavy atom. The monoisotopic (exact) mass is 369 g/mol. The van der Waals surface area contributed by atoms with E-state index in [0.717, 1.165) is 64.0 Å². The molecule has 4 rings (SSSR count). The molecule has 0 spiro atoms. The second-order valence-corrected chi connectivity index (χ2v) is 8.74. The molecule has 2 N–H and O–H groups in total. The van der Waals surface area contributed by atoms with Crippen LogP contribution in [-0.2, 0) is 4.79 Å². The molecular weight excluding hydrogens is 338 g/mol. The van der Waals surface area contributed by atoms with E-state index >= 15 is 0 Å². The molecule has 5 nitrogen and oxygen atoms in total. The average Bonchev–Trinajstić information content (AvgIpc) is 3.14. The molecule has 0 aromatic heterocycles. The molecule has 1 aliphatic carbocycles. The van der Waals surface area contributed by atoms with Crippen LogP contribution < -0.4 is 10.6 Å². The van der Waals surface area contributed by atoms with E-state index in [2.05, 4.69) is 17.6 Å². The van der Waals surface area contributed by atoms with Crippen LogP contribution in [0.25, 0.3) is 0 Å². The van der Waals surface area contributed by atoms with E-state index in [-0.39, 0.29) is 17.2 Å². The number of likely N-dealkylation sites (tertiary alicyclic amines) is 1. The normalized spacial score (nSPS) is 28.6. The minimum Gasteiger partial charge on any atom is -0.339 e. The summed E-state index contributed by atoms with van der Waals surface area (Å²) in [5.74, 6) is 1.40. The number of rotatable bonds is 3. The third-order valence-electron chi connectivity index (χ3n) is 6.95. The van der Waals surface area contributed by atoms with Gasteiger partial charge >= 0.3 is 0 Å². The van der Waals surface area contributed by atoms with Crippen molar-refractivity contribution in [3.05, 3.63) is 29.8 Å². The maximum atomic E-state index is 13.0. The first kappa shape index (κ1) is 18.5. The van der Waals surface area contributed by atoms with Gasteiger partial charge in [0.05, 0.1) is 5.41 Å². The summed E-state index contributed by atoms with van der Waals surface area (Å²) in [4.78, 5) is 27.7. The fourth-order valence-corrected chi connectivity index (χ4v) is 5.04. The van der Waals surface area contributed by atoms with Crippen molar-refractivity contribution in [2.24, 2.45) is 17.3 Å². The highest BCUT2D eigenvalue weighted by atomic mass is 16.2. The average molecular weight is 370 g/mol. The number of benzene rings is 1. The van der Waals surface area contributed by atoms with Crippen molar-refractivity contribution in [1.82, 2.24) is 10.2 Å². The maximum Gasteiger partial charge on any atom is 0.253 e. The van der Waals surface area contributed by atoms with E-state index < -0.39 is 0 Å². The van der Waals surface area contributed by atoms with E-state index in [1.165, 1.54) is 6.42 Å². The summed E-state index contributed by atoms with van der Waals surface area (Å²) in [7, 11) is 0. The number of hydrogen-bond donors (Lipinski definition) is 2. The standard InChI is InChI=1S/C22H31N3O2/c1-16-9-12-25(13-10-16)20(26)17-5-7-19(8-6-17)24-21(27)22-11-3-2-4-18(22)14-23-15-22/h5-8,16,18,23H,2-4,9-15H2,1H3,(H,24,27)/t18-,22+/m0/s1. The molecule has 3 aliphatic rings.